The van der Waals surface area contributed by atoms with E-state index in [1.54, 1.807) is 12.1 Å². The Hall–Kier alpha value is -1.26. The average molecular weight is 253 g/mol. The van der Waals surface area contributed by atoms with E-state index in [0.717, 1.165) is 5.56 Å². The number of aromatic hydroxyl groups is 2. The Balaban J connectivity index is 2.62. The van der Waals surface area contributed by atoms with Crippen molar-refractivity contribution in [3.8, 4) is 11.5 Å². The molecule has 1 unspecified atom stereocenters. The number of hydrogen-bond donors (Lipinski definition) is 3. The van der Waals surface area contributed by atoms with Gasteiger partial charge in [-0.3, -0.25) is 0 Å². The third-order valence-electron chi connectivity index (χ3n) is 2.79. The Morgan fingerprint density at radius 1 is 1.22 bits per heavy atom. The van der Waals surface area contributed by atoms with Gasteiger partial charge in [0.15, 0.2) is 0 Å². The summed E-state index contributed by atoms with van der Waals surface area (Å²) >= 11 is 0. The maximum absolute atomic E-state index is 9.44. The summed E-state index contributed by atoms with van der Waals surface area (Å²) in [4.78, 5) is 0. The van der Waals surface area contributed by atoms with Crippen molar-refractivity contribution >= 4 is 0 Å². The van der Waals surface area contributed by atoms with Crippen molar-refractivity contribution in [3.63, 3.8) is 0 Å². The smallest absolute Gasteiger partial charge is 0.119 e. The van der Waals surface area contributed by atoms with Crippen LogP contribution in [0.3, 0.4) is 0 Å². The molecule has 1 atom stereocenters. The first-order chi connectivity index (χ1) is 8.34. The molecule has 3 N–H and O–H groups in total. The van der Waals surface area contributed by atoms with Gasteiger partial charge in [0.25, 0.3) is 0 Å². The summed E-state index contributed by atoms with van der Waals surface area (Å²) in [6.45, 7) is 9.37. The summed E-state index contributed by atoms with van der Waals surface area (Å²) in [7, 11) is 0. The predicted molar refractivity (Wildman–Crippen MR) is 71.9 cm³/mol. The summed E-state index contributed by atoms with van der Waals surface area (Å²) in [6.07, 6.45) is 0. The number of phenolic OH excluding ortho intramolecular Hbond substituents is 2. The van der Waals surface area contributed by atoms with Crippen molar-refractivity contribution in [1.29, 1.82) is 0 Å². The van der Waals surface area contributed by atoms with E-state index >= 15 is 0 Å². The third kappa shape index (κ3) is 4.55. The zero-order chi connectivity index (χ0) is 13.8. The van der Waals surface area contributed by atoms with Crippen molar-refractivity contribution in [2.75, 3.05) is 13.2 Å². The quantitative estimate of drug-likeness (QED) is 0.729. The Labute approximate surface area is 109 Å². The van der Waals surface area contributed by atoms with Gasteiger partial charge in [0.05, 0.1) is 5.60 Å². The second-order valence-corrected chi connectivity index (χ2v) is 5.08. The zero-order valence-electron chi connectivity index (χ0n) is 11.5. The average Bonchev–Trinajstić information content (AvgIpc) is 2.24. The minimum absolute atomic E-state index is 0.0303. The lowest BCUT2D eigenvalue weighted by atomic mass is 10.1. The van der Waals surface area contributed by atoms with E-state index in [-0.39, 0.29) is 23.1 Å². The molecule has 1 aromatic rings. The van der Waals surface area contributed by atoms with Crippen molar-refractivity contribution in [3.05, 3.63) is 23.8 Å². The van der Waals surface area contributed by atoms with Crippen LogP contribution in [-0.2, 0) is 4.74 Å². The van der Waals surface area contributed by atoms with Crippen LogP contribution in [0.25, 0.3) is 0 Å². The molecule has 0 aromatic heterocycles. The topological polar surface area (TPSA) is 61.7 Å². The fourth-order valence-corrected chi connectivity index (χ4v) is 1.83. The van der Waals surface area contributed by atoms with Crippen LogP contribution in [0.5, 0.6) is 11.5 Å². The van der Waals surface area contributed by atoms with Crippen molar-refractivity contribution < 1.29 is 14.9 Å². The molecule has 0 aliphatic rings. The second kappa shape index (κ2) is 6.07. The van der Waals surface area contributed by atoms with Crippen LogP contribution in [0.15, 0.2) is 18.2 Å². The molecule has 0 aliphatic heterocycles. The fourth-order valence-electron chi connectivity index (χ4n) is 1.83. The van der Waals surface area contributed by atoms with E-state index in [0.29, 0.717) is 13.2 Å². The summed E-state index contributed by atoms with van der Waals surface area (Å²) in [6, 6.07) is 4.64. The van der Waals surface area contributed by atoms with Gasteiger partial charge in [-0.05, 0) is 45.4 Å². The van der Waals surface area contributed by atoms with Gasteiger partial charge in [0.1, 0.15) is 11.5 Å². The molecule has 0 heterocycles. The molecule has 0 bridgehead atoms. The first kappa shape index (κ1) is 14.8. The van der Waals surface area contributed by atoms with Crippen molar-refractivity contribution in [1.82, 2.24) is 5.32 Å². The molecular weight excluding hydrogens is 230 g/mol. The van der Waals surface area contributed by atoms with Crippen molar-refractivity contribution in [2.24, 2.45) is 0 Å². The highest BCUT2D eigenvalue weighted by molar-refractivity contribution is 5.37. The SMILES string of the molecule is CCOC(C)(C)CNC(C)c1cc(O)cc(O)c1. The van der Waals surface area contributed by atoms with E-state index < -0.39 is 0 Å². The Morgan fingerprint density at radius 2 is 1.78 bits per heavy atom. The summed E-state index contributed by atoms with van der Waals surface area (Å²) in [5, 5.41) is 22.2. The highest BCUT2D eigenvalue weighted by Crippen LogP contribution is 2.25. The molecule has 0 saturated heterocycles. The number of phenols is 2. The lowest BCUT2D eigenvalue weighted by molar-refractivity contribution is -0.0103. The molecule has 0 fully saturated rings. The third-order valence-corrected chi connectivity index (χ3v) is 2.79. The first-order valence-corrected chi connectivity index (χ1v) is 6.24. The molecule has 0 spiro atoms. The van der Waals surface area contributed by atoms with E-state index in [1.165, 1.54) is 6.07 Å². The highest BCUT2D eigenvalue weighted by Gasteiger charge is 2.19. The van der Waals surface area contributed by atoms with Crippen LogP contribution in [0.1, 0.15) is 39.3 Å². The molecule has 1 rings (SSSR count). The minimum atomic E-state index is -0.234. The van der Waals surface area contributed by atoms with Crippen LogP contribution in [-0.4, -0.2) is 29.0 Å². The number of ether oxygens (including phenoxy) is 1. The van der Waals surface area contributed by atoms with Crippen LogP contribution in [0.4, 0.5) is 0 Å². The van der Waals surface area contributed by atoms with Gasteiger partial charge in [-0.25, -0.2) is 0 Å². The van der Waals surface area contributed by atoms with E-state index in [1.807, 2.05) is 27.7 Å². The summed E-state index contributed by atoms with van der Waals surface area (Å²) < 4.78 is 5.60. The maximum Gasteiger partial charge on any atom is 0.119 e. The monoisotopic (exact) mass is 253 g/mol. The molecule has 1 aromatic carbocycles. The minimum Gasteiger partial charge on any atom is -0.508 e. The van der Waals surface area contributed by atoms with E-state index in [9.17, 15) is 10.2 Å². The Kier molecular flexibility index (Phi) is 4.99. The normalized spacial score (nSPS) is 13.6. The molecule has 0 radical (unpaired) electrons. The van der Waals surface area contributed by atoms with Crippen LogP contribution < -0.4 is 5.32 Å². The highest BCUT2D eigenvalue weighted by atomic mass is 16.5. The largest absolute Gasteiger partial charge is 0.508 e. The Morgan fingerprint density at radius 3 is 2.28 bits per heavy atom. The molecule has 4 heteroatoms. The lowest BCUT2D eigenvalue weighted by Gasteiger charge is -2.27. The number of hydrogen-bond acceptors (Lipinski definition) is 4. The summed E-state index contributed by atoms with van der Waals surface area (Å²) in [5.41, 5.74) is 0.613. The Bertz CT molecular complexity index is 370. The predicted octanol–water partition coefficient (Wildman–Crippen LogP) is 2.56. The number of benzene rings is 1. The van der Waals surface area contributed by atoms with Gasteiger partial charge < -0.3 is 20.3 Å². The van der Waals surface area contributed by atoms with Crippen LogP contribution in [0.2, 0.25) is 0 Å². The van der Waals surface area contributed by atoms with Gasteiger partial charge in [0.2, 0.25) is 0 Å². The van der Waals surface area contributed by atoms with Gasteiger partial charge >= 0.3 is 0 Å². The van der Waals surface area contributed by atoms with Gasteiger partial charge in [0, 0.05) is 25.3 Å². The molecule has 0 aliphatic carbocycles. The van der Waals surface area contributed by atoms with Crippen LogP contribution >= 0.6 is 0 Å². The van der Waals surface area contributed by atoms with Gasteiger partial charge in [-0.2, -0.15) is 0 Å². The molecule has 4 nitrogen and oxygen atoms in total. The first-order valence-electron chi connectivity index (χ1n) is 6.24. The number of rotatable bonds is 6. The second-order valence-electron chi connectivity index (χ2n) is 5.08. The maximum atomic E-state index is 9.44. The lowest BCUT2D eigenvalue weighted by Crippen LogP contribution is -2.38. The molecule has 0 amide bonds. The van der Waals surface area contributed by atoms with Crippen molar-refractivity contribution in [2.45, 2.75) is 39.3 Å². The molecular formula is C14H23NO3. The number of nitrogens with one attached hydrogen (secondary N) is 1. The molecule has 18 heavy (non-hydrogen) atoms. The van der Waals surface area contributed by atoms with Gasteiger partial charge in [-0.15, -0.1) is 0 Å². The fraction of sp³-hybridized carbons (Fsp3) is 0.571. The zero-order valence-corrected chi connectivity index (χ0v) is 11.5. The molecule has 0 saturated carbocycles. The van der Waals surface area contributed by atoms with E-state index in [2.05, 4.69) is 5.32 Å². The summed E-state index contributed by atoms with van der Waals surface area (Å²) in [5.74, 6) is 0.144. The van der Waals surface area contributed by atoms with Crippen LogP contribution in [0, 0.1) is 0 Å². The molecule has 102 valence electrons. The van der Waals surface area contributed by atoms with E-state index in [4.69, 9.17) is 4.74 Å². The van der Waals surface area contributed by atoms with Gasteiger partial charge in [-0.1, -0.05) is 0 Å². The standard InChI is InChI=1S/C14H23NO3/c1-5-18-14(3,4)9-15-10(2)11-6-12(16)8-13(17)7-11/h6-8,10,15-17H,5,9H2,1-4H3.